The molecule has 1 aliphatic carbocycles. The van der Waals surface area contributed by atoms with Gasteiger partial charge in [0.05, 0.1) is 12.5 Å². The first-order valence-corrected chi connectivity index (χ1v) is 6.10. The van der Waals surface area contributed by atoms with Crippen LogP contribution in [0.3, 0.4) is 0 Å². The van der Waals surface area contributed by atoms with Crippen LogP contribution in [0.15, 0.2) is 0 Å². The van der Waals surface area contributed by atoms with Gasteiger partial charge in [-0.2, -0.15) is 0 Å². The summed E-state index contributed by atoms with van der Waals surface area (Å²) in [4.78, 5) is 0. The lowest BCUT2D eigenvalue weighted by atomic mass is 9.97. The van der Waals surface area contributed by atoms with Gasteiger partial charge in [0.1, 0.15) is 0 Å². The molecule has 0 atom stereocenters. The highest BCUT2D eigenvalue weighted by Gasteiger charge is 2.06. The predicted molar refractivity (Wildman–Crippen MR) is 51.1 cm³/mol. The van der Waals surface area contributed by atoms with E-state index in [1.165, 1.54) is 32.1 Å². The Hall–Kier alpha value is 0.270. The van der Waals surface area contributed by atoms with E-state index in [2.05, 4.69) is 0 Å². The van der Waals surface area contributed by atoms with Crippen molar-refractivity contribution in [2.45, 2.75) is 38.1 Å². The predicted octanol–water partition coefficient (Wildman–Crippen LogP) is 1.27. The summed E-state index contributed by atoms with van der Waals surface area (Å²) in [6.07, 6.45) is 9.94. The van der Waals surface area contributed by atoms with Gasteiger partial charge >= 0.3 is 0 Å². The molecule has 0 aliphatic heterocycles. The van der Waals surface area contributed by atoms with Crippen LogP contribution in [0.5, 0.6) is 0 Å². The van der Waals surface area contributed by atoms with Gasteiger partial charge in [0.25, 0.3) is 0 Å². The zero-order valence-corrected chi connectivity index (χ0v) is 8.32. The van der Waals surface area contributed by atoms with E-state index in [0.29, 0.717) is 6.04 Å². The van der Waals surface area contributed by atoms with E-state index in [1.807, 2.05) is 0 Å². The Morgan fingerprint density at radius 3 is 1.73 bits per heavy atom. The third kappa shape index (κ3) is 10.3. The fraction of sp³-hybridized carbons (Fsp3) is 1.00. The number of rotatable bonds is 0. The molecule has 11 heavy (non-hydrogen) atoms. The molecule has 0 saturated heterocycles. The second-order valence-electron chi connectivity index (χ2n) is 3.14. The Labute approximate surface area is 72.7 Å². The highest BCUT2D eigenvalue weighted by atomic mass is 32.2. The first-order chi connectivity index (χ1) is 5.13. The van der Waals surface area contributed by atoms with E-state index >= 15 is 0 Å². The van der Waals surface area contributed by atoms with Crippen LogP contribution >= 0.6 is 0 Å². The van der Waals surface area contributed by atoms with E-state index < -0.39 is 11.2 Å². The molecule has 0 unspecified atom stereocenters. The highest BCUT2D eigenvalue weighted by Crippen LogP contribution is 2.14. The van der Waals surface area contributed by atoms with E-state index in [4.69, 9.17) is 5.73 Å². The van der Waals surface area contributed by atoms with Crippen molar-refractivity contribution < 1.29 is 4.55 Å². The summed E-state index contributed by atoms with van der Waals surface area (Å²) >= 11 is -0.611. The summed E-state index contributed by atoms with van der Waals surface area (Å²) < 4.78 is 9.56. The average Bonchev–Trinajstić information content (AvgIpc) is 1.87. The zero-order valence-electron chi connectivity index (χ0n) is 7.51. The largest absolute Gasteiger partial charge is 0.617 e. The first kappa shape index (κ1) is 11.3. The van der Waals surface area contributed by atoms with Gasteiger partial charge in [-0.05, 0) is 12.8 Å². The second-order valence-corrected chi connectivity index (χ2v) is 4.62. The third-order valence-electron chi connectivity index (χ3n) is 1.65. The summed E-state index contributed by atoms with van der Waals surface area (Å²) in [6.45, 7) is 0. The molecule has 1 saturated carbocycles. The van der Waals surface area contributed by atoms with E-state index in [1.54, 1.807) is 12.5 Å². The van der Waals surface area contributed by atoms with Crippen LogP contribution in [0, 0.1) is 0 Å². The molecule has 0 spiro atoms. The van der Waals surface area contributed by atoms with Crippen molar-refractivity contribution >= 4 is 11.2 Å². The molecule has 68 valence electrons. The van der Waals surface area contributed by atoms with Gasteiger partial charge < -0.3 is 10.3 Å². The molecule has 0 aromatic heterocycles. The molecular weight excluding hydrogens is 158 g/mol. The van der Waals surface area contributed by atoms with Gasteiger partial charge in [-0.15, -0.1) is 0 Å². The minimum atomic E-state index is -0.611. The molecule has 1 fully saturated rings. The Kier molecular flexibility index (Phi) is 7.12. The second kappa shape index (κ2) is 6.95. The van der Waals surface area contributed by atoms with Crippen molar-refractivity contribution in [3.63, 3.8) is 0 Å². The maximum absolute atomic E-state index is 9.56. The Morgan fingerprint density at radius 1 is 1.18 bits per heavy atom. The van der Waals surface area contributed by atoms with Crippen molar-refractivity contribution in [2.75, 3.05) is 12.5 Å². The number of nitrogens with two attached hydrogens (primary N) is 1. The molecule has 0 bridgehead atoms. The van der Waals surface area contributed by atoms with Gasteiger partial charge in [0.2, 0.25) is 0 Å². The maximum atomic E-state index is 9.56. The van der Waals surface area contributed by atoms with Crippen LogP contribution in [0.2, 0.25) is 0 Å². The summed E-state index contributed by atoms with van der Waals surface area (Å²) in [5, 5.41) is 0. The monoisotopic (exact) mass is 177 g/mol. The molecule has 0 aromatic rings. The van der Waals surface area contributed by atoms with Gasteiger partial charge in [-0.3, -0.25) is 0 Å². The summed E-state index contributed by atoms with van der Waals surface area (Å²) in [5.74, 6) is 0. The van der Waals surface area contributed by atoms with Crippen LogP contribution in [0.1, 0.15) is 32.1 Å². The smallest absolute Gasteiger partial charge is 0.0946 e. The summed E-state index contributed by atoms with van der Waals surface area (Å²) in [7, 11) is 0. The maximum Gasteiger partial charge on any atom is 0.0946 e. The van der Waals surface area contributed by atoms with Crippen molar-refractivity contribution in [1.29, 1.82) is 0 Å². The van der Waals surface area contributed by atoms with Crippen LogP contribution in [0.4, 0.5) is 0 Å². The van der Waals surface area contributed by atoms with Crippen molar-refractivity contribution in [1.82, 2.24) is 0 Å². The van der Waals surface area contributed by atoms with Crippen molar-refractivity contribution in [2.24, 2.45) is 5.73 Å². The van der Waals surface area contributed by atoms with E-state index in [0.717, 1.165) is 0 Å². The lowest BCUT2D eigenvalue weighted by Crippen LogP contribution is -2.22. The van der Waals surface area contributed by atoms with E-state index in [-0.39, 0.29) is 0 Å². The summed E-state index contributed by atoms with van der Waals surface area (Å²) in [6, 6.07) is 0.536. The fourth-order valence-corrected chi connectivity index (χ4v) is 1.13. The fourth-order valence-electron chi connectivity index (χ4n) is 1.13. The molecule has 3 heteroatoms. The molecule has 0 heterocycles. The quantitative estimate of drug-likeness (QED) is 0.566. The zero-order chi connectivity index (χ0) is 8.69. The normalized spacial score (nSPS) is 19.4. The van der Waals surface area contributed by atoms with Crippen LogP contribution in [-0.2, 0) is 11.2 Å². The Morgan fingerprint density at radius 2 is 1.55 bits per heavy atom. The molecule has 2 nitrogen and oxygen atoms in total. The van der Waals surface area contributed by atoms with Crippen LogP contribution in [0.25, 0.3) is 0 Å². The molecular formula is C8H19NOS. The Bertz CT molecular complexity index is 79.4. The number of hydrogen-bond acceptors (Lipinski definition) is 2. The topological polar surface area (TPSA) is 49.1 Å². The number of hydrogen-bond donors (Lipinski definition) is 1. The van der Waals surface area contributed by atoms with Gasteiger partial charge in [0.15, 0.2) is 0 Å². The lowest BCUT2D eigenvalue weighted by molar-refractivity contribution is 0.441. The van der Waals surface area contributed by atoms with Crippen LogP contribution < -0.4 is 5.73 Å². The van der Waals surface area contributed by atoms with Crippen molar-refractivity contribution in [3.8, 4) is 0 Å². The first-order valence-electron chi connectivity index (χ1n) is 4.13. The van der Waals surface area contributed by atoms with Gasteiger partial charge in [-0.1, -0.05) is 30.4 Å². The summed E-state index contributed by atoms with van der Waals surface area (Å²) in [5.41, 5.74) is 5.63. The SMILES string of the molecule is C[S+](C)[O-].NC1CCCCC1. The van der Waals surface area contributed by atoms with Crippen molar-refractivity contribution in [3.05, 3.63) is 0 Å². The molecule has 1 rings (SSSR count). The minimum Gasteiger partial charge on any atom is -0.617 e. The van der Waals surface area contributed by atoms with E-state index in [9.17, 15) is 4.55 Å². The molecule has 0 aromatic carbocycles. The standard InChI is InChI=1S/C6H13N.C2H6OS/c7-6-4-2-1-3-5-6;1-4(2)3/h6H,1-5,7H2;1-2H3. The minimum absolute atomic E-state index is 0.536. The van der Waals surface area contributed by atoms with Gasteiger partial charge in [0, 0.05) is 6.04 Å². The molecule has 1 aliphatic rings. The van der Waals surface area contributed by atoms with Gasteiger partial charge in [-0.25, -0.2) is 0 Å². The molecule has 0 amide bonds. The Balaban J connectivity index is 0.000000218. The lowest BCUT2D eigenvalue weighted by Gasteiger charge is -2.15. The van der Waals surface area contributed by atoms with Crippen LogP contribution in [-0.4, -0.2) is 23.1 Å². The molecule has 0 radical (unpaired) electrons. The highest BCUT2D eigenvalue weighted by molar-refractivity contribution is 7.89. The molecule has 2 N–H and O–H groups in total. The third-order valence-corrected chi connectivity index (χ3v) is 1.65. The average molecular weight is 177 g/mol.